The van der Waals surface area contributed by atoms with Crippen LogP contribution in [0.5, 0.6) is 0 Å². The Labute approximate surface area is 119 Å². The lowest BCUT2D eigenvalue weighted by atomic mass is 9.97. The van der Waals surface area contributed by atoms with E-state index in [1.165, 1.54) is 4.90 Å². The molecular weight excluding hydrogens is 280 g/mol. The zero-order chi connectivity index (χ0) is 15.4. The molecule has 1 saturated heterocycles. The molecular formula is C11H16N6O4. The van der Waals surface area contributed by atoms with Gasteiger partial charge in [0, 0.05) is 13.1 Å². The van der Waals surface area contributed by atoms with Crippen LogP contribution < -0.4 is 16.6 Å². The first-order chi connectivity index (χ1) is 9.97. The number of hydrogen-bond donors (Lipinski definition) is 4. The summed E-state index contributed by atoms with van der Waals surface area (Å²) in [4.78, 5) is 37.9. The van der Waals surface area contributed by atoms with Gasteiger partial charge in [0.15, 0.2) is 0 Å². The molecule has 10 heteroatoms. The van der Waals surface area contributed by atoms with Gasteiger partial charge in [0.25, 0.3) is 5.56 Å². The van der Waals surface area contributed by atoms with Crippen LogP contribution in [0.2, 0.25) is 0 Å². The average molecular weight is 296 g/mol. The maximum atomic E-state index is 12.0. The summed E-state index contributed by atoms with van der Waals surface area (Å²) >= 11 is 0. The number of hydrogen-bond acceptors (Lipinski definition) is 6. The highest BCUT2D eigenvalue weighted by Crippen LogP contribution is 2.16. The zero-order valence-corrected chi connectivity index (χ0v) is 11.2. The lowest BCUT2D eigenvalue weighted by Gasteiger charge is -2.29. The molecule has 1 fully saturated rings. The van der Waals surface area contributed by atoms with E-state index in [4.69, 9.17) is 10.8 Å². The van der Waals surface area contributed by atoms with E-state index in [1.807, 2.05) is 0 Å². The fourth-order valence-corrected chi connectivity index (χ4v) is 2.17. The van der Waals surface area contributed by atoms with Gasteiger partial charge in [0.05, 0.1) is 12.5 Å². The summed E-state index contributed by atoms with van der Waals surface area (Å²) in [5, 5.41) is 18.6. The molecule has 1 aliphatic heterocycles. The van der Waals surface area contributed by atoms with Gasteiger partial charge in [0.2, 0.25) is 11.9 Å². The molecule has 114 valence electrons. The number of carbonyl (C=O) groups excluding carboxylic acids is 1. The second-order valence-electron chi connectivity index (χ2n) is 4.77. The highest BCUT2D eigenvalue weighted by Gasteiger charge is 2.28. The molecule has 1 aliphatic rings. The number of nitrogens with one attached hydrogen (secondary N) is 2. The number of anilines is 1. The monoisotopic (exact) mass is 296 g/mol. The number of carbonyl (C=O) groups is 2. The van der Waals surface area contributed by atoms with Gasteiger partial charge >= 0.3 is 6.09 Å². The van der Waals surface area contributed by atoms with Crippen molar-refractivity contribution < 1.29 is 14.7 Å². The van der Waals surface area contributed by atoms with Gasteiger partial charge in [-0.05, 0) is 12.8 Å². The molecule has 2 amide bonds. The molecule has 5 N–H and O–H groups in total. The van der Waals surface area contributed by atoms with Crippen molar-refractivity contribution in [1.82, 2.24) is 25.4 Å². The molecule has 1 atom stereocenters. The molecule has 0 saturated carbocycles. The van der Waals surface area contributed by atoms with Crippen molar-refractivity contribution in [3.63, 3.8) is 0 Å². The van der Waals surface area contributed by atoms with Crippen LogP contribution in [0.25, 0.3) is 0 Å². The fraction of sp³-hybridized carbons (Fsp3) is 0.545. The first kappa shape index (κ1) is 14.8. The average Bonchev–Trinajstić information content (AvgIpc) is 2.46. The molecule has 2 heterocycles. The van der Waals surface area contributed by atoms with Gasteiger partial charge in [-0.3, -0.25) is 14.6 Å². The largest absolute Gasteiger partial charge is 0.465 e. The number of aromatic nitrogens is 3. The number of piperidine rings is 1. The van der Waals surface area contributed by atoms with Crippen molar-refractivity contribution in [1.29, 1.82) is 0 Å². The summed E-state index contributed by atoms with van der Waals surface area (Å²) in [6.45, 7) is 0.512. The quantitative estimate of drug-likeness (QED) is 0.543. The number of likely N-dealkylation sites (tertiary alicyclic amines) is 1. The Morgan fingerprint density at radius 2 is 2.24 bits per heavy atom. The Hall–Kier alpha value is -2.65. The van der Waals surface area contributed by atoms with Crippen molar-refractivity contribution in [2.75, 3.05) is 18.8 Å². The van der Waals surface area contributed by atoms with Crippen molar-refractivity contribution in [2.24, 2.45) is 5.92 Å². The third kappa shape index (κ3) is 3.68. The third-order valence-corrected chi connectivity index (χ3v) is 3.27. The Balaban J connectivity index is 1.92. The van der Waals surface area contributed by atoms with Crippen LogP contribution in [0, 0.1) is 5.92 Å². The minimum Gasteiger partial charge on any atom is -0.465 e. The molecule has 0 radical (unpaired) electrons. The van der Waals surface area contributed by atoms with Gasteiger partial charge in [-0.2, -0.15) is 0 Å². The molecule has 10 nitrogen and oxygen atoms in total. The predicted molar refractivity (Wildman–Crippen MR) is 71.2 cm³/mol. The number of carboxylic acid groups (broad SMARTS) is 1. The van der Waals surface area contributed by atoms with E-state index in [0.29, 0.717) is 19.4 Å². The second kappa shape index (κ2) is 6.20. The minimum atomic E-state index is -1.03. The van der Waals surface area contributed by atoms with Gasteiger partial charge in [0.1, 0.15) is 5.69 Å². The SMILES string of the molecule is Nc1nnc(CNC(=O)C2CCCN(C(=O)O)C2)c(=O)[nH]1. The van der Waals surface area contributed by atoms with Crippen LogP contribution in [0.3, 0.4) is 0 Å². The van der Waals surface area contributed by atoms with E-state index in [0.717, 1.165) is 0 Å². The molecule has 0 bridgehead atoms. The first-order valence-corrected chi connectivity index (χ1v) is 6.44. The first-order valence-electron chi connectivity index (χ1n) is 6.44. The maximum absolute atomic E-state index is 12.0. The number of nitrogens with zero attached hydrogens (tertiary/aromatic N) is 3. The van der Waals surface area contributed by atoms with Gasteiger partial charge < -0.3 is 21.1 Å². The number of nitrogens with two attached hydrogens (primary N) is 1. The maximum Gasteiger partial charge on any atom is 0.407 e. The van der Waals surface area contributed by atoms with Crippen LogP contribution in [0.4, 0.5) is 10.7 Å². The lowest BCUT2D eigenvalue weighted by molar-refractivity contribution is -0.126. The van der Waals surface area contributed by atoms with Gasteiger partial charge in [-0.15, -0.1) is 10.2 Å². The molecule has 1 aromatic rings. The van der Waals surface area contributed by atoms with Crippen LogP contribution in [0.15, 0.2) is 4.79 Å². The number of nitrogen functional groups attached to an aromatic ring is 1. The smallest absolute Gasteiger partial charge is 0.407 e. The van der Waals surface area contributed by atoms with Crippen LogP contribution in [0.1, 0.15) is 18.5 Å². The number of aromatic amines is 1. The summed E-state index contributed by atoms with van der Waals surface area (Å²) in [5.74, 6) is -0.825. The Bertz CT molecular complexity index is 601. The van der Waals surface area contributed by atoms with Crippen LogP contribution in [-0.2, 0) is 11.3 Å². The van der Waals surface area contributed by atoms with Crippen molar-refractivity contribution in [3.05, 3.63) is 16.0 Å². The van der Waals surface area contributed by atoms with E-state index in [9.17, 15) is 14.4 Å². The highest BCUT2D eigenvalue weighted by molar-refractivity contribution is 5.79. The summed E-state index contributed by atoms with van der Waals surface area (Å²) in [7, 11) is 0. The van der Waals surface area contributed by atoms with Gasteiger partial charge in [-0.25, -0.2) is 4.79 Å². The summed E-state index contributed by atoms with van der Waals surface area (Å²) < 4.78 is 0. The molecule has 2 rings (SSSR count). The number of amides is 2. The summed E-state index contributed by atoms with van der Waals surface area (Å²) in [6.07, 6.45) is 0.208. The Kier molecular flexibility index (Phi) is 4.36. The van der Waals surface area contributed by atoms with Crippen LogP contribution >= 0.6 is 0 Å². The Morgan fingerprint density at radius 1 is 1.48 bits per heavy atom. The van der Waals surface area contributed by atoms with Crippen molar-refractivity contribution in [2.45, 2.75) is 19.4 Å². The van der Waals surface area contributed by atoms with Crippen LogP contribution in [-0.4, -0.2) is 50.3 Å². The van der Waals surface area contributed by atoms with Crippen molar-refractivity contribution >= 4 is 17.9 Å². The summed E-state index contributed by atoms with van der Waals surface area (Å²) in [6, 6.07) is 0. The lowest BCUT2D eigenvalue weighted by Crippen LogP contribution is -2.45. The van der Waals surface area contributed by atoms with E-state index in [2.05, 4.69) is 20.5 Å². The molecule has 0 aromatic carbocycles. The molecule has 1 unspecified atom stereocenters. The van der Waals surface area contributed by atoms with Gasteiger partial charge in [-0.1, -0.05) is 0 Å². The minimum absolute atomic E-state index is 0.0449. The number of rotatable bonds is 3. The van der Waals surface area contributed by atoms with E-state index < -0.39 is 17.6 Å². The molecule has 1 aromatic heterocycles. The predicted octanol–water partition coefficient (Wildman–Crippen LogP) is -1.25. The standard InChI is InChI=1S/C11H16N6O4/c12-10-14-9(19)7(15-16-10)4-13-8(18)6-2-1-3-17(5-6)11(20)21/h6H,1-5H2,(H,13,18)(H,20,21)(H3,12,14,16,19). The van der Waals surface area contributed by atoms with E-state index in [-0.39, 0.29) is 30.6 Å². The number of H-pyrrole nitrogens is 1. The Morgan fingerprint density at radius 3 is 2.90 bits per heavy atom. The van der Waals surface area contributed by atoms with E-state index in [1.54, 1.807) is 0 Å². The van der Waals surface area contributed by atoms with E-state index >= 15 is 0 Å². The molecule has 21 heavy (non-hydrogen) atoms. The zero-order valence-electron chi connectivity index (χ0n) is 11.2. The fourth-order valence-electron chi connectivity index (χ4n) is 2.17. The highest BCUT2D eigenvalue weighted by atomic mass is 16.4. The van der Waals surface area contributed by atoms with Crippen molar-refractivity contribution in [3.8, 4) is 0 Å². The topological polar surface area (TPSA) is 154 Å². The second-order valence-corrected chi connectivity index (χ2v) is 4.77. The third-order valence-electron chi connectivity index (χ3n) is 3.27. The summed E-state index contributed by atoms with van der Waals surface area (Å²) in [5.41, 5.74) is 4.80. The molecule has 0 spiro atoms. The normalized spacial score (nSPS) is 18.3. The molecule has 0 aliphatic carbocycles.